The Kier molecular flexibility index (Phi) is 6.35. The first-order valence-corrected chi connectivity index (χ1v) is 8.18. The van der Waals surface area contributed by atoms with E-state index in [0.29, 0.717) is 17.1 Å². The van der Waals surface area contributed by atoms with E-state index in [4.69, 9.17) is 5.73 Å². The number of nitrogen functional groups attached to an aromatic ring is 1. The van der Waals surface area contributed by atoms with Crippen LogP contribution in [0, 0.1) is 0 Å². The predicted octanol–water partition coefficient (Wildman–Crippen LogP) is 3.01. The lowest BCUT2D eigenvalue weighted by atomic mass is 10.3. The van der Waals surface area contributed by atoms with Gasteiger partial charge in [0.2, 0.25) is 0 Å². The molecule has 0 aliphatic carbocycles. The highest BCUT2D eigenvalue weighted by molar-refractivity contribution is 7.99. The molecule has 1 heterocycles. The third-order valence-electron chi connectivity index (χ3n) is 2.38. The Bertz CT molecular complexity index is 404. The molecule has 4 nitrogen and oxygen atoms in total. The number of anilines is 2. The molecule has 0 unspecified atom stereocenters. The van der Waals surface area contributed by atoms with Gasteiger partial charge in [0, 0.05) is 13.1 Å². The summed E-state index contributed by atoms with van der Waals surface area (Å²) in [7, 11) is 0. The molecule has 0 atom stereocenters. The number of nitrogens with two attached hydrogens (primary N) is 1. The normalized spacial score (nSPS) is 10.4. The zero-order valence-corrected chi connectivity index (χ0v) is 12.8. The van der Waals surface area contributed by atoms with E-state index in [1.807, 2.05) is 13.2 Å². The molecule has 6 heteroatoms. The number of hydrogen-bond acceptors (Lipinski definition) is 5. The Hall–Kier alpha value is -0.880. The van der Waals surface area contributed by atoms with E-state index >= 15 is 0 Å². The molecule has 0 aliphatic rings. The fraction of sp³-hybridized carbons (Fsp3) is 0.583. The summed E-state index contributed by atoms with van der Waals surface area (Å²) in [6, 6.07) is 0. The van der Waals surface area contributed by atoms with Crippen molar-refractivity contribution in [2.24, 2.45) is 0 Å². The lowest BCUT2D eigenvalue weighted by Gasteiger charge is -2.03. The highest BCUT2D eigenvalue weighted by atomic mass is 32.2. The molecule has 1 aromatic heterocycles. The molecule has 1 rings (SSSR count). The minimum atomic E-state index is -0.0702. The minimum Gasteiger partial charge on any atom is -0.396 e. The highest BCUT2D eigenvalue weighted by Gasteiger charge is 2.19. The van der Waals surface area contributed by atoms with E-state index in [1.165, 1.54) is 11.3 Å². The Labute approximate surface area is 117 Å². The van der Waals surface area contributed by atoms with Crippen molar-refractivity contribution in [2.45, 2.75) is 31.6 Å². The van der Waals surface area contributed by atoms with Crippen LogP contribution in [0.25, 0.3) is 0 Å². The number of thiophene rings is 1. The van der Waals surface area contributed by atoms with Crippen molar-refractivity contribution in [3.05, 3.63) is 4.88 Å². The number of thioether (sulfide) groups is 1. The predicted molar refractivity (Wildman–Crippen MR) is 81.9 cm³/mol. The Morgan fingerprint density at radius 2 is 2.00 bits per heavy atom. The van der Waals surface area contributed by atoms with Gasteiger partial charge in [-0.05, 0) is 19.1 Å². The third kappa shape index (κ3) is 3.55. The van der Waals surface area contributed by atoms with E-state index in [0.717, 1.165) is 29.3 Å². The monoisotopic (exact) mass is 287 g/mol. The lowest BCUT2D eigenvalue weighted by Crippen LogP contribution is -2.23. The summed E-state index contributed by atoms with van der Waals surface area (Å²) < 4.78 is 0. The van der Waals surface area contributed by atoms with E-state index in [-0.39, 0.29) is 5.91 Å². The maximum absolute atomic E-state index is 12.0. The number of carbonyl (C=O) groups is 1. The Morgan fingerprint density at radius 1 is 1.33 bits per heavy atom. The number of rotatable bonds is 7. The maximum atomic E-state index is 12.0. The van der Waals surface area contributed by atoms with Gasteiger partial charge in [0.15, 0.2) is 0 Å². The molecule has 0 aliphatic heterocycles. The fourth-order valence-corrected chi connectivity index (χ4v) is 3.45. The van der Waals surface area contributed by atoms with Gasteiger partial charge in [0.1, 0.15) is 9.88 Å². The highest BCUT2D eigenvalue weighted by Crippen LogP contribution is 2.41. The van der Waals surface area contributed by atoms with Crippen LogP contribution >= 0.6 is 23.1 Å². The van der Waals surface area contributed by atoms with Crippen molar-refractivity contribution >= 4 is 39.7 Å². The third-order valence-corrected chi connectivity index (χ3v) is 4.50. The SMILES string of the molecule is CCCNC(=O)c1sc(NCCC)c(SC)c1N. The topological polar surface area (TPSA) is 67.2 Å². The van der Waals surface area contributed by atoms with Crippen LogP contribution in [-0.4, -0.2) is 25.3 Å². The molecule has 4 N–H and O–H groups in total. The first kappa shape index (κ1) is 15.2. The van der Waals surface area contributed by atoms with Crippen LogP contribution in [0.15, 0.2) is 4.90 Å². The lowest BCUT2D eigenvalue weighted by molar-refractivity contribution is 0.0958. The van der Waals surface area contributed by atoms with Gasteiger partial charge in [-0.15, -0.1) is 23.1 Å². The molecule has 0 fully saturated rings. The molecule has 1 amide bonds. The molecule has 0 saturated heterocycles. The molecular formula is C12H21N3OS2. The average Bonchev–Trinajstić information content (AvgIpc) is 2.69. The molecule has 102 valence electrons. The second kappa shape index (κ2) is 7.53. The van der Waals surface area contributed by atoms with Crippen molar-refractivity contribution < 1.29 is 4.79 Å². The van der Waals surface area contributed by atoms with Crippen molar-refractivity contribution in [3.8, 4) is 0 Å². The summed E-state index contributed by atoms with van der Waals surface area (Å²) in [5.74, 6) is -0.0702. The molecular weight excluding hydrogens is 266 g/mol. The van der Waals surface area contributed by atoms with Crippen LogP contribution < -0.4 is 16.4 Å². The van der Waals surface area contributed by atoms with E-state index in [9.17, 15) is 4.79 Å². The summed E-state index contributed by atoms with van der Waals surface area (Å²) in [6.07, 6.45) is 3.94. The first-order chi connectivity index (χ1) is 8.65. The summed E-state index contributed by atoms with van der Waals surface area (Å²) >= 11 is 3.02. The minimum absolute atomic E-state index is 0.0702. The molecule has 0 spiro atoms. The summed E-state index contributed by atoms with van der Waals surface area (Å²) in [4.78, 5) is 13.6. The maximum Gasteiger partial charge on any atom is 0.263 e. The number of nitrogens with one attached hydrogen (secondary N) is 2. The molecule has 18 heavy (non-hydrogen) atoms. The molecule has 0 saturated carbocycles. The van der Waals surface area contributed by atoms with E-state index in [1.54, 1.807) is 11.8 Å². The van der Waals surface area contributed by atoms with Gasteiger partial charge in [0.25, 0.3) is 5.91 Å². The first-order valence-electron chi connectivity index (χ1n) is 6.13. The number of amides is 1. The molecule has 1 aromatic rings. The van der Waals surface area contributed by atoms with Gasteiger partial charge in [-0.2, -0.15) is 0 Å². The smallest absolute Gasteiger partial charge is 0.263 e. The van der Waals surface area contributed by atoms with Gasteiger partial charge in [0.05, 0.1) is 10.6 Å². The zero-order valence-electron chi connectivity index (χ0n) is 11.1. The van der Waals surface area contributed by atoms with Crippen LogP contribution in [0.2, 0.25) is 0 Å². The Balaban J connectivity index is 2.91. The zero-order chi connectivity index (χ0) is 13.5. The van der Waals surface area contributed by atoms with Crippen molar-refractivity contribution in [3.63, 3.8) is 0 Å². The summed E-state index contributed by atoms with van der Waals surface area (Å²) in [5.41, 5.74) is 6.64. The van der Waals surface area contributed by atoms with Crippen LogP contribution in [0.1, 0.15) is 36.4 Å². The van der Waals surface area contributed by atoms with Crippen LogP contribution in [0.3, 0.4) is 0 Å². The second-order valence-corrected chi connectivity index (χ2v) is 5.73. The fourth-order valence-electron chi connectivity index (χ4n) is 1.47. The molecule has 0 aromatic carbocycles. The standard InChI is InChI=1S/C12H21N3OS2/c1-4-6-14-11(16)9-8(13)10(17-3)12(18-9)15-7-5-2/h15H,4-7,13H2,1-3H3,(H,14,16). The molecule has 0 bridgehead atoms. The van der Waals surface area contributed by atoms with Gasteiger partial charge in [-0.25, -0.2) is 0 Å². The van der Waals surface area contributed by atoms with Crippen LogP contribution in [0.4, 0.5) is 10.7 Å². The quantitative estimate of drug-likeness (QED) is 0.674. The average molecular weight is 287 g/mol. The Morgan fingerprint density at radius 3 is 2.56 bits per heavy atom. The van der Waals surface area contributed by atoms with Crippen LogP contribution in [-0.2, 0) is 0 Å². The summed E-state index contributed by atoms with van der Waals surface area (Å²) in [5, 5.41) is 7.19. The number of carbonyl (C=O) groups excluding carboxylic acids is 1. The van der Waals surface area contributed by atoms with Crippen molar-refractivity contribution in [1.82, 2.24) is 5.32 Å². The van der Waals surface area contributed by atoms with E-state index < -0.39 is 0 Å². The van der Waals surface area contributed by atoms with Gasteiger partial charge < -0.3 is 16.4 Å². The van der Waals surface area contributed by atoms with Crippen molar-refractivity contribution in [2.75, 3.05) is 30.4 Å². The largest absolute Gasteiger partial charge is 0.396 e. The van der Waals surface area contributed by atoms with Gasteiger partial charge in [-0.1, -0.05) is 13.8 Å². The summed E-state index contributed by atoms with van der Waals surface area (Å²) in [6.45, 7) is 5.71. The molecule has 0 radical (unpaired) electrons. The van der Waals surface area contributed by atoms with Gasteiger partial charge in [-0.3, -0.25) is 4.79 Å². The van der Waals surface area contributed by atoms with Crippen molar-refractivity contribution in [1.29, 1.82) is 0 Å². The van der Waals surface area contributed by atoms with E-state index in [2.05, 4.69) is 17.6 Å². The van der Waals surface area contributed by atoms with Gasteiger partial charge >= 0.3 is 0 Å². The van der Waals surface area contributed by atoms with Crippen LogP contribution in [0.5, 0.6) is 0 Å². The number of hydrogen-bond donors (Lipinski definition) is 3. The second-order valence-electron chi connectivity index (χ2n) is 3.89.